The number of halogens is 3. The molecular formula is C13H16Cl2FNO3S. The molecule has 2 rings (SSSR count). The Kier molecular flexibility index (Phi) is 5.48. The smallest absolute Gasteiger partial charge is 0.244 e. The van der Waals surface area contributed by atoms with Gasteiger partial charge in [0.15, 0.2) is 5.82 Å². The fraction of sp³-hybridized carbons (Fsp3) is 0.538. The molecule has 1 aliphatic heterocycles. The van der Waals surface area contributed by atoms with Crippen LogP contribution in [0, 0.1) is 5.82 Å². The maximum absolute atomic E-state index is 13.7. The van der Waals surface area contributed by atoms with Crippen LogP contribution in [-0.2, 0) is 10.0 Å². The third-order valence-corrected chi connectivity index (χ3v) is 6.39. The molecule has 1 unspecified atom stereocenters. The van der Waals surface area contributed by atoms with E-state index >= 15 is 0 Å². The Bertz CT molecular complexity index is 622. The van der Waals surface area contributed by atoms with Crippen LogP contribution in [0.4, 0.5) is 4.39 Å². The van der Waals surface area contributed by atoms with Crippen molar-refractivity contribution in [3.63, 3.8) is 0 Å². The Balaban J connectivity index is 2.43. The summed E-state index contributed by atoms with van der Waals surface area (Å²) in [5, 5.41) is 8.37. The number of nitrogens with zero attached hydrogens (tertiary/aromatic N) is 1. The molecule has 0 aromatic heterocycles. The molecule has 0 amide bonds. The zero-order valence-corrected chi connectivity index (χ0v) is 13.6. The van der Waals surface area contributed by atoms with E-state index in [4.69, 9.17) is 28.3 Å². The molecule has 21 heavy (non-hydrogen) atoms. The van der Waals surface area contributed by atoms with Gasteiger partial charge in [0.1, 0.15) is 4.90 Å². The second-order valence-electron chi connectivity index (χ2n) is 4.95. The Morgan fingerprint density at radius 2 is 2.05 bits per heavy atom. The molecule has 8 heteroatoms. The SMILES string of the molecule is O=S(=O)(c1ccc(Cl)c(F)c1Cl)N1CCCCC1CCO. The van der Waals surface area contributed by atoms with Gasteiger partial charge in [-0.3, -0.25) is 0 Å². The molecule has 0 aliphatic carbocycles. The number of rotatable bonds is 4. The van der Waals surface area contributed by atoms with Gasteiger partial charge in [-0.05, 0) is 31.4 Å². The maximum atomic E-state index is 13.7. The highest BCUT2D eigenvalue weighted by molar-refractivity contribution is 7.89. The van der Waals surface area contributed by atoms with E-state index in [0.29, 0.717) is 19.4 Å². The van der Waals surface area contributed by atoms with E-state index in [1.807, 2.05) is 0 Å². The summed E-state index contributed by atoms with van der Waals surface area (Å²) in [4.78, 5) is -0.282. The summed E-state index contributed by atoms with van der Waals surface area (Å²) in [6, 6.07) is 2.11. The molecule has 0 spiro atoms. The average Bonchev–Trinajstić information content (AvgIpc) is 2.45. The highest BCUT2D eigenvalue weighted by Gasteiger charge is 2.35. The van der Waals surface area contributed by atoms with Gasteiger partial charge in [0, 0.05) is 19.2 Å². The molecule has 1 saturated heterocycles. The van der Waals surface area contributed by atoms with Crippen LogP contribution in [0.3, 0.4) is 0 Å². The first-order chi connectivity index (χ1) is 9.89. The van der Waals surface area contributed by atoms with Crippen LogP contribution < -0.4 is 0 Å². The lowest BCUT2D eigenvalue weighted by atomic mass is 10.0. The fourth-order valence-corrected chi connectivity index (χ4v) is 5.01. The van der Waals surface area contributed by atoms with Crippen LogP contribution in [0.1, 0.15) is 25.7 Å². The number of sulfonamides is 1. The van der Waals surface area contributed by atoms with Crippen molar-refractivity contribution in [2.24, 2.45) is 0 Å². The lowest BCUT2D eigenvalue weighted by Gasteiger charge is -2.34. The van der Waals surface area contributed by atoms with E-state index in [1.54, 1.807) is 0 Å². The first-order valence-corrected chi connectivity index (χ1v) is 8.85. The van der Waals surface area contributed by atoms with Crippen LogP contribution in [0.2, 0.25) is 10.0 Å². The zero-order valence-electron chi connectivity index (χ0n) is 11.2. The van der Waals surface area contributed by atoms with E-state index in [9.17, 15) is 12.8 Å². The topological polar surface area (TPSA) is 57.6 Å². The Morgan fingerprint density at radius 3 is 2.71 bits per heavy atom. The Labute approximate surface area is 133 Å². The van der Waals surface area contributed by atoms with Gasteiger partial charge >= 0.3 is 0 Å². The molecule has 1 aliphatic rings. The molecule has 118 valence electrons. The zero-order chi connectivity index (χ0) is 15.6. The molecule has 0 radical (unpaired) electrons. The van der Waals surface area contributed by atoms with Gasteiger partial charge < -0.3 is 5.11 Å². The lowest BCUT2D eigenvalue weighted by molar-refractivity contribution is 0.192. The van der Waals surface area contributed by atoms with E-state index < -0.39 is 20.9 Å². The van der Waals surface area contributed by atoms with Gasteiger partial charge in [0.25, 0.3) is 0 Å². The van der Waals surface area contributed by atoms with Crippen molar-refractivity contribution in [2.75, 3.05) is 13.2 Å². The molecule has 4 nitrogen and oxygen atoms in total. The predicted octanol–water partition coefficient (Wildman–Crippen LogP) is 3.06. The number of aliphatic hydroxyl groups is 1. The Morgan fingerprint density at radius 1 is 1.33 bits per heavy atom. The third kappa shape index (κ3) is 3.35. The van der Waals surface area contributed by atoms with Crippen molar-refractivity contribution >= 4 is 33.2 Å². The summed E-state index contributed by atoms with van der Waals surface area (Å²) in [6.45, 7) is 0.243. The summed E-state index contributed by atoms with van der Waals surface area (Å²) < 4.78 is 40.5. The van der Waals surface area contributed by atoms with Gasteiger partial charge in [-0.2, -0.15) is 4.31 Å². The second kappa shape index (κ2) is 6.79. The van der Waals surface area contributed by atoms with E-state index in [1.165, 1.54) is 16.4 Å². The van der Waals surface area contributed by atoms with Gasteiger partial charge in [0.2, 0.25) is 10.0 Å². The summed E-state index contributed by atoms with van der Waals surface area (Å²) in [5.74, 6) is -0.935. The number of hydrogen-bond donors (Lipinski definition) is 1. The minimum absolute atomic E-state index is 0.0978. The van der Waals surface area contributed by atoms with Crippen LogP contribution in [-0.4, -0.2) is 37.0 Å². The summed E-state index contributed by atoms with van der Waals surface area (Å²) in [6.07, 6.45) is 2.66. The first-order valence-electron chi connectivity index (χ1n) is 6.65. The molecule has 1 fully saturated rings. The normalized spacial score (nSPS) is 20.7. The minimum Gasteiger partial charge on any atom is -0.396 e. The number of hydrogen-bond acceptors (Lipinski definition) is 3. The fourth-order valence-electron chi connectivity index (χ4n) is 2.56. The van der Waals surface area contributed by atoms with Crippen molar-refractivity contribution in [2.45, 2.75) is 36.6 Å². The highest BCUT2D eigenvalue weighted by atomic mass is 35.5. The molecule has 1 atom stereocenters. The standard InChI is InChI=1S/C13H16Cl2FNO3S/c14-10-4-5-11(12(15)13(10)16)21(19,20)17-7-2-1-3-9(17)6-8-18/h4-5,9,18H,1-3,6-8H2. The van der Waals surface area contributed by atoms with Crippen LogP contribution in [0.5, 0.6) is 0 Å². The lowest BCUT2D eigenvalue weighted by Crippen LogP contribution is -2.44. The molecular weight excluding hydrogens is 340 g/mol. The van der Waals surface area contributed by atoms with E-state index in [0.717, 1.165) is 12.8 Å². The maximum Gasteiger partial charge on any atom is 0.244 e. The van der Waals surface area contributed by atoms with Crippen LogP contribution >= 0.6 is 23.2 Å². The number of piperidine rings is 1. The largest absolute Gasteiger partial charge is 0.396 e. The predicted molar refractivity (Wildman–Crippen MR) is 79.7 cm³/mol. The van der Waals surface area contributed by atoms with E-state index in [2.05, 4.69) is 0 Å². The number of aliphatic hydroxyl groups excluding tert-OH is 1. The van der Waals surface area contributed by atoms with Gasteiger partial charge in [-0.15, -0.1) is 0 Å². The Hall–Kier alpha value is -0.400. The quantitative estimate of drug-likeness (QED) is 0.844. The number of benzene rings is 1. The molecule has 0 saturated carbocycles. The third-order valence-electron chi connectivity index (χ3n) is 3.62. The minimum atomic E-state index is -3.91. The summed E-state index contributed by atoms with van der Waals surface area (Å²) >= 11 is 11.4. The average molecular weight is 356 g/mol. The van der Waals surface area contributed by atoms with Gasteiger partial charge in [-0.25, -0.2) is 12.8 Å². The highest BCUT2D eigenvalue weighted by Crippen LogP contribution is 2.34. The van der Waals surface area contributed by atoms with Crippen molar-refractivity contribution in [3.05, 3.63) is 28.0 Å². The molecule has 0 bridgehead atoms. The van der Waals surface area contributed by atoms with Crippen molar-refractivity contribution < 1.29 is 17.9 Å². The molecule has 1 heterocycles. The van der Waals surface area contributed by atoms with E-state index in [-0.39, 0.29) is 22.6 Å². The second-order valence-corrected chi connectivity index (χ2v) is 7.60. The molecule has 1 aromatic carbocycles. The molecule has 1 aromatic rings. The van der Waals surface area contributed by atoms with Crippen molar-refractivity contribution in [1.82, 2.24) is 4.31 Å². The monoisotopic (exact) mass is 355 g/mol. The summed E-state index contributed by atoms with van der Waals surface area (Å²) in [5.41, 5.74) is 0. The summed E-state index contributed by atoms with van der Waals surface area (Å²) in [7, 11) is -3.91. The van der Waals surface area contributed by atoms with Gasteiger partial charge in [0.05, 0.1) is 10.0 Å². The van der Waals surface area contributed by atoms with Crippen molar-refractivity contribution in [1.29, 1.82) is 0 Å². The molecule has 1 N–H and O–H groups in total. The van der Waals surface area contributed by atoms with Gasteiger partial charge in [-0.1, -0.05) is 29.6 Å². The van der Waals surface area contributed by atoms with Crippen LogP contribution in [0.25, 0.3) is 0 Å². The van der Waals surface area contributed by atoms with Crippen molar-refractivity contribution in [3.8, 4) is 0 Å². The first kappa shape index (κ1) is 17.0. The van der Waals surface area contributed by atoms with Crippen LogP contribution in [0.15, 0.2) is 17.0 Å².